The largest absolute Gasteiger partial charge is 0.326 e. The van der Waals surface area contributed by atoms with E-state index in [2.05, 4.69) is 31.8 Å². The Morgan fingerprint density at radius 1 is 1.08 bits per heavy atom. The highest BCUT2D eigenvalue weighted by Crippen LogP contribution is 2.30. The maximum Gasteiger partial charge on any atom is 0.271 e. The van der Waals surface area contributed by atoms with E-state index in [1.807, 2.05) is 37.3 Å². The van der Waals surface area contributed by atoms with E-state index in [4.69, 9.17) is 0 Å². The van der Waals surface area contributed by atoms with Gasteiger partial charge >= 0.3 is 0 Å². The van der Waals surface area contributed by atoms with Crippen molar-refractivity contribution in [3.8, 4) is 0 Å². The van der Waals surface area contributed by atoms with Gasteiger partial charge in [0.15, 0.2) is 0 Å². The lowest BCUT2D eigenvalue weighted by atomic mass is 10.1. The summed E-state index contributed by atoms with van der Waals surface area (Å²) in [6.07, 6.45) is 1.93. The highest BCUT2D eigenvalue weighted by molar-refractivity contribution is 9.10. The van der Waals surface area contributed by atoms with E-state index in [0.717, 1.165) is 28.6 Å². The van der Waals surface area contributed by atoms with Gasteiger partial charge in [0.25, 0.3) is 5.91 Å². The zero-order valence-corrected chi connectivity index (χ0v) is 15.3. The van der Waals surface area contributed by atoms with Crippen LogP contribution in [0, 0.1) is 5.92 Å². The molecular formula is C19H18BrN3O2. The van der Waals surface area contributed by atoms with Crippen LogP contribution < -0.4 is 10.7 Å². The Morgan fingerprint density at radius 2 is 1.80 bits per heavy atom. The van der Waals surface area contributed by atoms with Crippen molar-refractivity contribution < 1.29 is 9.59 Å². The monoisotopic (exact) mass is 399 g/mol. The molecule has 0 aliphatic heterocycles. The van der Waals surface area contributed by atoms with Crippen LogP contribution >= 0.6 is 15.9 Å². The van der Waals surface area contributed by atoms with E-state index in [-0.39, 0.29) is 17.7 Å². The van der Waals surface area contributed by atoms with Gasteiger partial charge in [0.2, 0.25) is 5.91 Å². The molecule has 0 aromatic heterocycles. The third kappa shape index (κ3) is 4.76. The number of halogens is 1. The fourth-order valence-corrected chi connectivity index (χ4v) is 2.70. The molecule has 0 radical (unpaired) electrons. The molecule has 0 bridgehead atoms. The molecule has 25 heavy (non-hydrogen) atoms. The van der Waals surface area contributed by atoms with Crippen LogP contribution in [0.1, 0.15) is 35.7 Å². The smallest absolute Gasteiger partial charge is 0.271 e. The summed E-state index contributed by atoms with van der Waals surface area (Å²) >= 11 is 3.34. The van der Waals surface area contributed by atoms with Gasteiger partial charge in [-0.1, -0.05) is 34.1 Å². The molecule has 0 heterocycles. The van der Waals surface area contributed by atoms with Crippen LogP contribution in [0.25, 0.3) is 0 Å². The molecule has 1 saturated carbocycles. The van der Waals surface area contributed by atoms with Gasteiger partial charge in [-0.3, -0.25) is 9.59 Å². The number of hydrazone groups is 1. The van der Waals surface area contributed by atoms with E-state index in [0.29, 0.717) is 11.3 Å². The molecule has 5 nitrogen and oxygen atoms in total. The molecule has 0 unspecified atom stereocenters. The topological polar surface area (TPSA) is 70.6 Å². The van der Waals surface area contributed by atoms with Crippen LogP contribution in [0.2, 0.25) is 0 Å². The molecule has 1 aliphatic carbocycles. The Bertz CT molecular complexity index is 844. The van der Waals surface area contributed by atoms with E-state index in [1.54, 1.807) is 18.2 Å². The molecule has 2 aromatic rings. The summed E-state index contributed by atoms with van der Waals surface area (Å²) < 4.78 is 0.833. The second kappa shape index (κ2) is 7.61. The van der Waals surface area contributed by atoms with Gasteiger partial charge in [0.05, 0.1) is 5.71 Å². The summed E-state index contributed by atoms with van der Waals surface area (Å²) in [4.78, 5) is 24.0. The predicted molar refractivity (Wildman–Crippen MR) is 102 cm³/mol. The average Bonchev–Trinajstić information content (AvgIpc) is 3.44. The molecule has 2 N–H and O–H groups in total. The molecule has 0 saturated heterocycles. The highest BCUT2D eigenvalue weighted by atomic mass is 79.9. The Kier molecular flexibility index (Phi) is 5.28. The van der Waals surface area contributed by atoms with Crippen LogP contribution in [-0.2, 0) is 4.79 Å². The minimum atomic E-state index is -0.279. The number of carbonyl (C=O) groups is 2. The van der Waals surface area contributed by atoms with Gasteiger partial charge < -0.3 is 5.32 Å². The van der Waals surface area contributed by atoms with Gasteiger partial charge in [-0.05, 0) is 55.7 Å². The third-order valence-electron chi connectivity index (χ3n) is 3.91. The number of hydrogen-bond donors (Lipinski definition) is 2. The summed E-state index contributed by atoms with van der Waals surface area (Å²) in [7, 11) is 0. The van der Waals surface area contributed by atoms with Crippen molar-refractivity contribution in [1.82, 2.24) is 5.43 Å². The quantitative estimate of drug-likeness (QED) is 0.590. The first-order valence-corrected chi connectivity index (χ1v) is 8.84. The first kappa shape index (κ1) is 17.4. The lowest BCUT2D eigenvalue weighted by Crippen LogP contribution is -2.19. The Hall–Kier alpha value is -2.47. The minimum absolute atomic E-state index is 0.0645. The second-order valence-electron chi connectivity index (χ2n) is 5.99. The normalized spacial score (nSPS) is 14.1. The van der Waals surface area contributed by atoms with Crippen LogP contribution in [0.15, 0.2) is 58.1 Å². The number of benzene rings is 2. The number of nitrogens with zero attached hydrogens (tertiary/aromatic N) is 1. The van der Waals surface area contributed by atoms with Crippen molar-refractivity contribution in [3.63, 3.8) is 0 Å². The second-order valence-corrected chi connectivity index (χ2v) is 6.91. The number of nitrogens with one attached hydrogen (secondary N) is 2. The van der Waals surface area contributed by atoms with Gasteiger partial charge in [-0.15, -0.1) is 0 Å². The summed E-state index contributed by atoms with van der Waals surface area (Å²) in [5, 5.41) is 7.07. The standard InChI is InChI=1S/C19H18BrN3O2/c1-12(22-23-19(25)15-5-2-6-16(20)10-15)14-4-3-7-17(11-14)21-18(24)13-8-9-13/h2-7,10-11,13H,8-9H2,1H3,(H,21,24)(H,23,25). The van der Waals surface area contributed by atoms with E-state index < -0.39 is 0 Å². The van der Waals surface area contributed by atoms with Gasteiger partial charge in [0.1, 0.15) is 0 Å². The molecule has 2 amide bonds. The lowest BCUT2D eigenvalue weighted by molar-refractivity contribution is -0.117. The molecule has 1 fully saturated rings. The molecule has 3 rings (SSSR count). The van der Waals surface area contributed by atoms with Crippen LogP contribution in [0.3, 0.4) is 0 Å². The number of anilines is 1. The lowest BCUT2D eigenvalue weighted by Gasteiger charge is -2.07. The van der Waals surface area contributed by atoms with Gasteiger partial charge in [0, 0.05) is 21.6 Å². The Balaban J connectivity index is 1.67. The molecule has 2 aromatic carbocycles. The van der Waals surface area contributed by atoms with Crippen molar-refractivity contribution in [2.45, 2.75) is 19.8 Å². The first-order valence-electron chi connectivity index (χ1n) is 8.04. The molecule has 1 aliphatic rings. The van der Waals surface area contributed by atoms with Gasteiger partial charge in [-0.25, -0.2) is 5.43 Å². The molecule has 0 spiro atoms. The van der Waals surface area contributed by atoms with Crippen LogP contribution in [-0.4, -0.2) is 17.5 Å². The van der Waals surface area contributed by atoms with Gasteiger partial charge in [-0.2, -0.15) is 5.10 Å². The van der Waals surface area contributed by atoms with Crippen LogP contribution in [0.4, 0.5) is 5.69 Å². The molecule has 0 atom stereocenters. The third-order valence-corrected chi connectivity index (χ3v) is 4.40. The minimum Gasteiger partial charge on any atom is -0.326 e. The fraction of sp³-hybridized carbons (Fsp3) is 0.211. The highest BCUT2D eigenvalue weighted by Gasteiger charge is 2.29. The average molecular weight is 400 g/mol. The summed E-state index contributed by atoms with van der Waals surface area (Å²) in [6, 6.07) is 14.5. The Morgan fingerprint density at radius 3 is 2.52 bits per heavy atom. The summed E-state index contributed by atoms with van der Waals surface area (Å²) in [5.74, 6) is -0.0588. The first-order chi connectivity index (χ1) is 12.0. The Labute approximate surface area is 154 Å². The van der Waals surface area contributed by atoms with E-state index in [9.17, 15) is 9.59 Å². The van der Waals surface area contributed by atoms with Crippen molar-refractivity contribution in [2.75, 3.05) is 5.32 Å². The predicted octanol–water partition coefficient (Wildman–Crippen LogP) is 3.95. The maximum atomic E-state index is 12.1. The molecule has 6 heteroatoms. The maximum absolute atomic E-state index is 12.1. The zero-order valence-electron chi connectivity index (χ0n) is 13.8. The van der Waals surface area contributed by atoms with Crippen molar-refractivity contribution in [3.05, 3.63) is 64.1 Å². The number of rotatable bonds is 5. The number of carbonyl (C=O) groups excluding carboxylic acids is 2. The molecular weight excluding hydrogens is 382 g/mol. The van der Waals surface area contributed by atoms with E-state index in [1.165, 1.54) is 0 Å². The van der Waals surface area contributed by atoms with Crippen molar-refractivity contribution in [2.24, 2.45) is 11.0 Å². The fourth-order valence-electron chi connectivity index (χ4n) is 2.31. The SMILES string of the molecule is CC(=NNC(=O)c1cccc(Br)c1)c1cccc(NC(=O)C2CC2)c1. The number of hydrogen-bond acceptors (Lipinski definition) is 3. The number of amides is 2. The molecule has 128 valence electrons. The summed E-state index contributed by atoms with van der Waals surface area (Å²) in [5.41, 5.74) is 5.31. The zero-order chi connectivity index (χ0) is 17.8. The summed E-state index contributed by atoms with van der Waals surface area (Å²) in [6.45, 7) is 1.81. The van der Waals surface area contributed by atoms with Crippen molar-refractivity contribution >= 4 is 39.1 Å². The van der Waals surface area contributed by atoms with E-state index >= 15 is 0 Å². The van der Waals surface area contributed by atoms with Crippen LogP contribution in [0.5, 0.6) is 0 Å². The van der Waals surface area contributed by atoms with Crippen molar-refractivity contribution in [1.29, 1.82) is 0 Å².